The number of para-hydroxylation sites is 2. The van der Waals surface area contributed by atoms with Gasteiger partial charge in [0.25, 0.3) is 0 Å². The number of quaternary nitrogens is 1. The van der Waals surface area contributed by atoms with Crippen molar-refractivity contribution in [3.05, 3.63) is 78.9 Å². The van der Waals surface area contributed by atoms with Gasteiger partial charge >= 0.3 is 0 Å². The number of fused-ring (bicyclic) bond motifs is 1. The highest BCUT2D eigenvalue weighted by atomic mass is 35.5. The molecule has 0 N–H and O–H groups in total. The van der Waals surface area contributed by atoms with Gasteiger partial charge in [0.15, 0.2) is 5.50 Å². The summed E-state index contributed by atoms with van der Waals surface area (Å²) in [6, 6.07) is 27.0. The Morgan fingerprint density at radius 3 is 2.18 bits per heavy atom. The molecule has 9 heteroatoms. The maximum atomic E-state index is 6.03. The Labute approximate surface area is 250 Å². The molecule has 1 atom stereocenters. The fourth-order valence-electron chi connectivity index (χ4n) is 4.75. The molecule has 1 unspecified atom stereocenters. The number of hydrogen-bond donors (Lipinski definition) is 0. The monoisotopic (exact) mass is 590 g/mol. The Hall–Kier alpha value is -2.45. The second kappa shape index (κ2) is 16.0. The number of hydrogen-bond acceptors (Lipinski definition) is 6. The van der Waals surface area contributed by atoms with Crippen molar-refractivity contribution in [2.75, 3.05) is 62.7 Å². The topological polar surface area (TPSA) is 40.4 Å². The van der Waals surface area contributed by atoms with E-state index in [-0.39, 0.29) is 30.3 Å². The molecule has 1 aliphatic heterocycles. The molecule has 212 valence electrons. The highest BCUT2D eigenvalue weighted by Crippen LogP contribution is 2.43. The molecule has 3 aromatic carbocycles. The van der Waals surface area contributed by atoms with Crippen LogP contribution in [0.25, 0.3) is 0 Å². The summed E-state index contributed by atoms with van der Waals surface area (Å²) in [5, 5.41) is 9.16. The van der Waals surface area contributed by atoms with E-state index in [1.165, 1.54) is 16.3 Å². The van der Waals surface area contributed by atoms with E-state index in [1.54, 1.807) is 11.8 Å². The Bertz CT molecular complexity index is 1150. The van der Waals surface area contributed by atoms with E-state index in [0.29, 0.717) is 0 Å². The molecule has 4 rings (SSSR count). The van der Waals surface area contributed by atoms with E-state index in [1.807, 2.05) is 30.3 Å². The minimum Gasteiger partial charge on any atom is -0.488 e. The van der Waals surface area contributed by atoms with Crippen LogP contribution in [0, 0.1) is 0 Å². The van der Waals surface area contributed by atoms with Crippen molar-refractivity contribution in [3.8, 4) is 5.75 Å². The largest absolute Gasteiger partial charge is 0.488 e. The SMILES string of the molecule is CCN(CC[N+](CC)(CC)CCOc1ccccc1)c1ccc(N=NC2Sc3ccccc3N2C)cc1.Cl.Cl. The standard InChI is InChI=1S/C30H40N5OS.2ClH/c1-5-34(21-22-35(6-2,7-3)23-24-36-27-13-9-8-10-14-27)26-19-17-25(18-20-26)31-32-30-33(4)28-15-11-12-16-29(28)37-30;;/h8-20,30H,5-7,21-24H2,1-4H3;2*1H/q+1;;. The zero-order chi connectivity index (χ0) is 26.1. The molecule has 3 aromatic rings. The third kappa shape index (κ3) is 8.52. The third-order valence-corrected chi connectivity index (χ3v) is 8.66. The van der Waals surface area contributed by atoms with Crippen LogP contribution in [0.4, 0.5) is 17.1 Å². The van der Waals surface area contributed by atoms with Crippen molar-refractivity contribution < 1.29 is 9.22 Å². The molecule has 0 fully saturated rings. The van der Waals surface area contributed by atoms with E-state index in [2.05, 4.69) is 96.4 Å². The maximum absolute atomic E-state index is 6.03. The molecule has 6 nitrogen and oxygen atoms in total. The summed E-state index contributed by atoms with van der Waals surface area (Å²) < 4.78 is 7.07. The van der Waals surface area contributed by atoms with Crippen LogP contribution in [0.1, 0.15) is 20.8 Å². The molecule has 0 aromatic heterocycles. The molecule has 0 saturated carbocycles. The average Bonchev–Trinajstić information content (AvgIpc) is 3.27. The summed E-state index contributed by atoms with van der Waals surface area (Å²) in [5.74, 6) is 0.947. The molecule has 0 amide bonds. The van der Waals surface area contributed by atoms with Crippen LogP contribution in [0.3, 0.4) is 0 Å². The quantitative estimate of drug-likeness (QED) is 0.150. The second-order valence-corrected chi connectivity index (χ2v) is 10.5. The lowest BCUT2D eigenvalue weighted by Gasteiger charge is -2.38. The van der Waals surface area contributed by atoms with E-state index >= 15 is 0 Å². The third-order valence-electron chi connectivity index (χ3n) is 7.44. The molecule has 0 aliphatic carbocycles. The van der Waals surface area contributed by atoms with Crippen molar-refractivity contribution in [1.82, 2.24) is 0 Å². The van der Waals surface area contributed by atoms with Crippen LogP contribution in [0.5, 0.6) is 5.75 Å². The predicted octanol–water partition coefficient (Wildman–Crippen LogP) is 7.90. The summed E-state index contributed by atoms with van der Waals surface area (Å²) in [7, 11) is 2.07. The van der Waals surface area contributed by atoms with Gasteiger partial charge < -0.3 is 19.0 Å². The van der Waals surface area contributed by atoms with Gasteiger partial charge in [0.2, 0.25) is 0 Å². The van der Waals surface area contributed by atoms with E-state index in [4.69, 9.17) is 4.74 Å². The van der Waals surface area contributed by atoms with Gasteiger partial charge in [-0.25, -0.2) is 0 Å². The van der Waals surface area contributed by atoms with Gasteiger partial charge in [0, 0.05) is 24.2 Å². The number of halogens is 2. The average molecular weight is 592 g/mol. The number of thioether (sulfide) groups is 1. The first-order valence-electron chi connectivity index (χ1n) is 13.3. The van der Waals surface area contributed by atoms with Gasteiger partial charge in [-0.15, -0.1) is 24.8 Å². The molecular formula is C30H42Cl2N5OS+. The zero-order valence-corrected chi connectivity index (χ0v) is 25.9. The van der Waals surface area contributed by atoms with Crippen LogP contribution < -0.4 is 14.5 Å². The first-order chi connectivity index (χ1) is 18.1. The molecule has 0 spiro atoms. The number of ether oxygens (including phenoxy) is 1. The van der Waals surface area contributed by atoms with Crippen molar-refractivity contribution >= 4 is 53.6 Å². The first-order valence-corrected chi connectivity index (χ1v) is 14.2. The maximum Gasteiger partial charge on any atom is 0.194 e. The van der Waals surface area contributed by atoms with Crippen LogP contribution >= 0.6 is 36.6 Å². The number of likely N-dealkylation sites (N-methyl/N-ethyl adjacent to an activating group) is 2. The lowest BCUT2D eigenvalue weighted by molar-refractivity contribution is -0.923. The van der Waals surface area contributed by atoms with Crippen LogP contribution in [-0.2, 0) is 0 Å². The number of nitrogens with zero attached hydrogens (tertiary/aromatic N) is 5. The molecule has 1 aliphatic rings. The minimum atomic E-state index is -0.0240. The Morgan fingerprint density at radius 2 is 1.54 bits per heavy atom. The van der Waals surface area contributed by atoms with Gasteiger partial charge in [-0.1, -0.05) is 42.1 Å². The van der Waals surface area contributed by atoms with Crippen molar-refractivity contribution in [2.45, 2.75) is 31.2 Å². The molecular weight excluding hydrogens is 549 g/mol. The fourth-order valence-corrected chi connectivity index (χ4v) is 5.83. The van der Waals surface area contributed by atoms with Gasteiger partial charge in [-0.05, 0) is 69.3 Å². The van der Waals surface area contributed by atoms with Crippen molar-refractivity contribution in [3.63, 3.8) is 0 Å². The summed E-state index contributed by atoms with van der Waals surface area (Å²) in [5.41, 5.74) is 3.30. The summed E-state index contributed by atoms with van der Waals surface area (Å²) >= 11 is 1.74. The number of benzene rings is 3. The van der Waals surface area contributed by atoms with Crippen LogP contribution in [0.2, 0.25) is 0 Å². The molecule has 0 radical (unpaired) electrons. The van der Waals surface area contributed by atoms with Crippen molar-refractivity contribution in [1.29, 1.82) is 0 Å². The summed E-state index contributed by atoms with van der Waals surface area (Å²) in [6.45, 7) is 13.8. The van der Waals surface area contributed by atoms with Crippen LogP contribution in [0.15, 0.2) is 94.0 Å². The van der Waals surface area contributed by atoms with E-state index < -0.39 is 0 Å². The van der Waals surface area contributed by atoms with Gasteiger partial charge in [-0.2, -0.15) is 10.2 Å². The Kier molecular flexibility index (Phi) is 13.4. The van der Waals surface area contributed by atoms with Crippen LogP contribution in [-0.4, -0.2) is 62.9 Å². The summed E-state index contributed by atoms with van der Waals surface area (Å²) in [6.07, 6.45) is 0. The van der Waals surface area contributed by atoms with Gasteiger partial charge in [0.05, 0.1) is 37.6 Å². The summed E-state index contributed by atoms with van der Waals surface area (Å²) in [4.78, 5) is 5.88. The minimum absolute atomic E-state index is 0. The normalized spacial score (nSPS) is 14.5. The number of anilines is 2. The number of rotatable bonds is 13. The fraction of sp³-hybridized carbons (Fsp3) is 0.400. The molecule has 1 heterocycles. The van der Waals surface area contributed by atoms with Crippen molar-refractivity contribution in [2.24, 2.45) is 10.2 Å². The lowest BCUT2D eigenvalue weighted by Crippen LogP contribution is -2.53. The van der Waals surface area contributed by atoms with Gasteiger partial charge in [0.1, 0.15) is 18.9 Å². The number of azo groups is 1. The zero-order valence-electron chi connectivity index (χ0n) is 23.4. The lowest BCUT2D eigenvalue weighted by atomic mass is 10.2. The Morgan fingerprint density at radius 1 is 0.872 bits per heavy atom. The predicted molar refractivity (Wildman–Crippen MR) is 171 cm³/mol. The highest BCUT2D eigenvalue weighted by Gasteiger charge is 2.27. The first kappa shape index (κ1) is 32.8. The Balaban J connectivity index is 0.00000267. The smallest absolute Gasteiger partial charge is 0.194 e. The molecule has 39 heavy (non-hydrogen) atoms. The van der Waals surface area contributed by atoms with Gasteiger partial charge in [-0.3, -0.25) is 0 Å². The van der Waals surface area contributed by atoms with E-state index in [0.717, 1.165) is 61.8 Å². The van der Waals surface area contributed by atoms with E-state index in [9.17, 15) is 0 Å². The molecule has 0 bridgehead atoms. The molecule has 0 saturated heterocycles. The second-order valence-electron chi connectivity index (χ2n) is 9.42. The highest BCUT2D eigenvalue weighted by molar-refractivity contribution is 8.00.